The number of thiophene rings is 1. The van der Waals surface area contributed by atoms with Gasteiger partial charge in [-0.05, 0) is 43.2 Å². The van der Waals surface area contributed by atoms with Gasteiger partial charge in [-0.1, -0.05) is 25.1 Å². The number of benzene rings is 2. The van der Waals surface area contributed by atoms with Crippen molar-refractivity contribution in [3.63, 3.8) is 0 Å². The number of carbonyl (C=O) groups excluding carboxylic acids is 2. The van der Waals surface area contributed by atoms with Crippen molar-refractivity contribution in [2.45, 2.75) is 39.5 Å². The molecule has 2 aromatic carbocycles. The number of hydrogen-bond donors (Lipinski definition) is 2. The standard InChI is InChI=1S/C23H25FN2O3S/c1-4-14(2)26-22(27)16-8-5-7-15(11-16)12-25-23(28)21-17(13-29-3)20-18(24)9-6-10-19(20)30-21/h5-11,14H,4,12-13H2,1-3H3,(H,25,28)(H,26,27). The average Bonchev–Trinajstić information content (AvgIpc) is 3.12. The molecule has 1 heterocycles. The fraction of sp³-hybridized carbons (Fsp3) is 0.304. The molecule has 7 heteroatoms. The van der Waals surface area contributed by atoms with Crippen LogP contribution < -0.4 is 10.6 Å². The Morgan fingerprint density at radius 3 is 2.67 bits per heavy atom. The number of ether oxygens (including phenoxy) is 1. The van der Waals surface area contributed by atoms with E-state index in [4.69, 9.17) is 4.74 Å². The highest BCUT2D eigenvalue weighted by atomic mass is 32.1. The van der Waals surface area contributed by atoms with Gasteiger partial charge in [0.15, 0.2) is 0 Å². The topological polar surface area (TPSA) is 67.4 Å². The van der Waals surface area contributed by atoms with E-state index in [-0.39, 0.29) is 36.8 Å². The molecular formula is C23H25FN2O3S. The summed E-state index contributed by atoms with van der Waals surface area (Å²) in [6.07, 6.45) is 0.848. The van der Waals surface area contributed by atoms with Gasteiger partial charge in [0, 0.05) is 40.9 Å². The number of methoxy groups -OCH3 is 1. The molecule has 0 aliphatic rings. The Bertz CT molecular complexity index is 1060. The van der Waals surface area contributed by atoms with Gasteiger partial charge in [-0.2, -0.15) is 0 Å². The molecule has 0 spiro atoms. The summed E-state index contributed by atoms with van der Waals surface area (Å²) in [6.45, 7) is 4.36. The molecule has 2 N–H and O–H groups in total. The van der Waals surface area contributed by atoms with Crippen LogP contribution in [0.3, 0.4) is 0 Å². The third-order valence-corrected chi connectivity index (χ3v) is 6.09. The molecule has 0 aliphatic carbocycles. The summed E-state index contributed by atoms with van der Waals surface area (Å²) in [5.41, 5.74) is 1.90. The highest BCUT2D eigenvalue weighted by molar-refractivity contribution is 7.21. The van der Waals surface area contributed by atoms with E-state index in [0.717, 1.165) is 12.0 Å². The second kappa shape index (κ2) is 9.82. The van der Waals surface area contributed by atoms with E-state index in [1.165, 1.54) is 24.5 Å². The summed E-state index contributed by atoms with van der Waals surface area (Å²) >= 11 is 1.24. The van der Waals surface area contributed by atoms with Crippen LogP contribution in [0.2, 0.25) is 0 Å². The third-order valence-electron chi connectivity index (χ3n) is 4.89. The normalized spacial score (nSPS) is 12.0. The maximum Gasteiger partial charge on any atom is 0.262 e. The Morgan fingerprint density at radius 2 is 1.93 bits per heavy atom. The van der Waals surface area contributed by atoms with Gasteiger partial charge in [0.25, 0.3) is 11.8 Å². The van der Waals surface area contributed by atoms with Crippen molar-refractivity contribution >= 4 is 33.2 Å². The minimum atomic E-state index is -0.366. The van der Waals surface area contributed by atoms with E-state index in [0.29, 0.717) is 26.1 Å². The van der Waals surface area contributed by atoms with E-state index in [9.17, 15) is 14.0 Å². The van der Waals surface area contributed by atoms with Gasteiger partial charge in [-0.3, -0.25) is 9.59 Å². The molecule has 0 radical (unpaired) electrons. The second-order valence-electron chi connectivity index (χ2n) is 7.12. The van der Waals surface area contributed by atoms with Crippen molar-refractivity contribution < 1.29 is 18.7 Å². The molecule has 1 aromatic heterocycles. The molecule has 0 saturated carbocycles. The van der Waals surface area contributed by atoms with Gasteiger partial charge in [0.05, 0.1) is 11.5 Å². The van der Waals surface area contributed by atoms with Gasteiger partial charge in [0.2, 0.25) is 0 Å². The summed E-state index contributed by atoms with van der Waals surface area (Å²) in [4.78, 5) is 25.6. The Labute approximate surface area is 179 Å². The molecule has 0 saturated heterocycles. The maximum absolute atomic E-state index is 14.3. The zero-order valence-electron chi connectivity index (χ0n) is 17.3. The van der Waals surface area contributed by atoms with Crippen molar-refractivity contribution in [1.29, 1.82) is 0 Å². The summed E-state index contributed by atoms with van der Waals surface area (Å²) in [5, 5.41) is 6.23. The number of rotatable bonds is 8. The molecule has 0 bridgehead atoms. The van der Waals surface area contributed by atoms with Gasteiger partial charge < -0.3 is 15.4 Å². The smallest absolute Gasteiger partial charge is 0.262 e. The zero-order chi connectivity index (χ0) is 21.7. The number of nitrogens with one attached hydrogen (secondary N) is 2. The van der Waals surface area contributed by atoms with E-state index >= 15 is 0 Å². The molecular weight excluding hydrogens is 403 g/mol. The first-order valence-corrected chi connectivity index (χ1v) is 10.6. The van der Waals surface area contributed by atoms with Gasteiger partial charge in [0.1, 0.15) is 5.82 Å². The van der Waals surface area contributed by atoms with Crippen molar-refractivity contribution in [2.75, 3.05) is 7.11 Å². The molecule has 1 unspecified atom stereocenters. The molecule has 5 nitrogen and oxygen atoms in total. The predicted octanol–water partition coefficient (Wildman–Crippen LogP) is 4.65. The predicted molar refractivity (Wildman–Crippen MR) is 117 cm³/mol. The fourth-order valence-corrected chi connectivity index (χ4v) is 4.27. The first-order valence-electron chi connectivity index (χ1n) is 9.81. The Kier molecular flexibility index (Phi) is 7.18. The third kappa shape index (κ3) is 4.86. The molecule has 0 fully saturated rings. The Balaban J connectivity index is 1.76. The summed E-state index contributed by atoms with van der Waals surface area (Å²) in [7, 11) is 1.52. The van der Waals surface area contributed by atoms with Crippen LogP contribution >= 0.6 is 11.3 Å². The molecule has 1 atom stereocenters. The SMILES string of the molecule is CCC(C)NC(=O)c1cccc(CNC(=O)c2sc3cccc(F)c3c2COC)c1. The number of fused-ring (bicyclic) bond motifs is 1. The van der Waals surface area contributed by atoms with E-state index in [1.807, 2.05) is 19.9 Å². The van der Waals surface area contributed by atoms with Crippen LogP contribution in [0.15, 0.2) is 42.5 Å². The van der Waals surface area contributed by atoms with Crippen molar-refractivity contribution in [3.8, 4) is 0 Å². The lowest BCUT2D eigenvalue weighted by Crippen LogP contribution is -2.32. The molecule has 2 amide bonds. The van der Waals surface area contributed by atoms with E-state index in [2.05, 4.69) is 10.6 Å². The zero-order valence-corrected chi connectivity index (χ0v) is 18.1. The van der Waals surface area contributed by atoms with Crippen LogP contribution in [-0.2, 0) is 17.9 Å². The fourth-order valence-electron chi connectivity index (χ4n) is 3.13. The van der Waals surface area contributed by atoms with Gasteiger partial charge in [-0.25, -0.2) is 4.39 Å². The number of halogens is 1. The van der Waals surface area contributed by atoms with Gasteiger partial charge >= 0.3 is 0 Å². The molecule has 30 heavy (non-hydrogen) atoms. The van der Waals surface area contributed by atoms with E-state index in [1.54, 1.807) is 30.3 Å². The molecule has 3 rings (SSSR count). The first kappa shape index (κ1) is 21.9. The molecule has 3 aromatic rings. The Morgan fingerprint density at radius 1 is 1.17 bits per heavy atom. The molecule has 0 aliphatic heterocycles. The number of hydrogen-bond acceptors (Lipinski definition) is 4. The second-order valence-corrected chi connectivity index (χ2v) is 8.17. The Hall–Kier alpha value is -2.77. The van der Waals surface area contributed by atoms with Crippen LogP contribution in [0.25, 0.3) is 10.1 Å². The van der Waals surface area contributed by atoms with Crippen LogP contribution in [-0.4, -0.2) is 25.0 Å². The minimum Gasteiger partial charge on any atom is -0.380 e. The van der Waals surface area contributed by atoms with Crippen molar-refractivity contribution in [3.05, 3.63) is 69.8 Å². The lowest BCUT2D eigenvalue weighted by molar-refractivity contribution is 0.0936. The largest absolute Gasteiger partial charge is 0.380 e. The highest BCUT2D eigenvalue weighted by Crippen LogP contribution is 2.33. The van der Waals surface area contributed by atoms with Crippen molar-refractivity contribution in [2.24, 2.45) is 0 Å². The summed E-state index contributed by atoms with van der Waals surface area (Å²) in [5.74, 6) is -0.799. The monoisotopic (exact) mass is 428 g/mol. The van der Waals surface area contributed by atoms with Crippen LogP contribution in [0.5, 0.6) is 0 Å². The van der Waals surface area contributed by atoms with Crippen molar-refractivity contribution in [1.82, 2.24) is 10.6 Å². The first-order chi connectivity index (χ1) is 14.4. The van der Waals surface area contributed by atoms with E-state index < -0.39 is 0 Å². The minimum absolute atomic E-state index is 0.0911. The van der Waals surface area contributed by atoms with Crippen LogP contribution in [0.4, 0.5) is 4.39 Å². The average molecular weight is 429 g/mol. The molecule has 158 valence electrons. The lowest BCUT2D eigenvalue weighted by Gasteiger charge is -2.12. The maximum atomic E-state index is 14.3. The number of carbonyl (C=O) groups is 2. The summed E-state index contributed by atoms with van der Waals surface area (Å²) in [6, 6.07) is 12.0. The number of amides is 2. The van der Waals surface area contributed by atoms with Crippen LogP contribution in [0.1, 0.15) is 51.4 Å². The quantitative estimate of drug-likeness (QED) is 0.549. The van der Waals surface area contributed by atoms with Gasteiger partial charge in [-0.15, -0.1) is 11.3 Å². The summed E-state index contributed by atoms with van der Waals surface area (Å²) < 4.78 is 20.2. The lowest BCUT2D eigenvalue weighted by atomic mass is 10.1. The van der Waals surface area contributed by atoms with Crippen LogP contribution in [0, 0.1) is 5.82 Å². The highest BCUT2D eigenvalue weighted by Gasteiger charge is 2.20.